The van der Waals surface area contributed by atoms with Crippen molar-refractivity contribution in [3.63, 3.8) is 0 Å². The Labute approximate surface area is 198 Å². The molecule has 0 bridgehead atoms. The van der Waals surface area contributed by atoms with Crippen molar-refractivity contribution >= 4 is 32.9 Å². The summed E-state index contributed by atoms with van der Waals surface area (Å²) in [6, 6.07) is 20.2. The molecule has 4 aromatic rings. The van der Waals surface area contributed by atoms with Crippen LogP contribution in [0.4, 0.5) is 11.4 Å². The van der Waals surface area contributed by atoms with E-state index in [0.717, 1.165) is 70.2 Å². The molecule has 0 aliphatic carbocycles. The van der Waals surface area contributed by atoms with Crippen LogP contribution >= 0.6 is 0 Å². The minimum absolute atomic E-state index is 0.303. The number of nitrogens with zero attached hydrogens (tertiary/aromatic N) is 2. The molecule has 174 valence electrons. The van der Waals surface area contributed by atoms with Gasteiger partial charge in [0.25, 0.3) is 0 Å². The van der Waals surface area contributed by atoms with Crippen LogP contribution < -0.4 is 9.80 Å². The molecule has 0 spiro atoms. The van der Waals surface area contributed by atoms with Crippen LogP contribution in [0.2, 0.25) is 0 Å². The van der Waals surface area contributed by atoms with Crippen molar-refractivity contribution < 1.29 is 19.7 Å². The summed E-state index contributed by atoms with van der Waals surface area (Å²) in [5.41, 5.74) is 3.73. The van der Waals surface area contributed by atoms with Gasteiger partial charge in [-0.25, -0.2) is 0 Å². The molecule has 6 rings (SSSR count). The number of phenols is 2. The number of anilines is 2. The lowest BCUT2D eigenvalue weighted by atomic mass is 9.91. The first-order valence-corrected chi connectivity index (χ1v) is 11.9. The Morgan fingerprint density at radius 1 is 0.529 bits per heavy atom. The topological polar surface area (TPSA) is 65.4 Å². The summed E-state index contributed by atoms with van der Waals surface area (Å²) < 4.78 is 11.1. The molecule has 2 N–H and O–H groups in total. The summed E-state index contributed by atoms with van der Waals surface area (Å²) in [7, 11) is 0. The van der Waals surface area contributed by atoms with E-state index < -0.39 is 0 Å². The van der Waals surface area contributed by atoms with E-state index in [0.29, 0.717) is 37.9 Å². The lowest BCUT2D eigenvalue weighted by Crippen LogP contribution is -2.36. The van der Waals surface area contributed by atoms with Crippen molar-refractivity contribution in [2.75, 3.05) is 62.4 Å². The second-order valence-electron chi connectivity index (χ2n) is 8.87. The lowest BCUT2D eigenvalue weighted by molar-refractivity contribution is 0.122. The first kappa shape index (κ1) is 21.1. The van der Waals surface area contributed by atoms with Gasteiger partial charge in [0.1, 0.15) is 11.5 Å². The summed E-state index contributed by atoms with van der Waals surface area (Å²) in [5, 5.41) is 26.1. The molecule has 0 saturated carbocycles. The zero-order valence-electron chi connectivity index (χ0n) is 19.0. The van der Waals surface area contributed by atoms with Gasteiger partial charge in [-0.15, -0.1) is 0 Å². The minimum atomic E-state index is 0.303. The van der Waals surface area contributed by atoms with E-state index in [1.54, 1.807) is 0 Å². The van der Waals surface area contributed by atoms with Gasteiger partial charge in [0.2, 0.25) is 0 Å². The van der Waals surface area contributed by atoms with Crippen LogP contribution in [0.25, 0.3) is 32.7 Å². The molecule has 2 aliphatic heterocycles. The highest BCUT2D eigenvalue weighted by molar-refractivity contribution is 6.12. The summed E-state index contributed by atoms with van der Waals surface area (Å²) in [5.74, 6) is 0.607. The molecule has 0 radical (unpaired) electrons. The monoisotopic (exact) mass is 456 g/mol. The molecule has 0 unspecified atom stereocenters. The molecule has 34 heavy (non-hydrogen) atoms. The second kappa shape index (κ2) is 8.70. The Bertz CT molecular complexity index is 1250. The highest BCUT2D eigenvalue weighted by Gasteiger charge is 2.23. The normalized spacial score (nSPS) is 16.9. The Morgan fingerprint density at radius 2 is 0.882 bits per heavy atom. The SMILES string of the molecule is Oc1c(N2CCOCC2)cc(-c2cc(N3CCOCC3)c(O)c3ccccc23)c2ccccc12. The average Bonchev–Trinajstić information content (AvgIpc) is 2.91. The van der Waals surface area contributed by atoms with Gasteiger partial charge in [0, 0.05) is 37.0 Å². The number of benzene rings is 4. The van der Waals surface area contributed by atoms with E-state index in [-0.39, 0.29) is 0 Å². The van der Waals surface area contributed by atoms with Crippen molar-refractivity contribution in [1.29, 1.82) is 0 Å². The smallest absolute Gasteiger partial charge is 0.146 e. The van der Waals surface area contributed by atoms with Crippen LogP contribution in [-0.2, 0) is 9.47 Å². The molecule has 0 aromatic heterocycles. The number of hydrogen-bond donors (Lipinski definition) is 2. The van der Waals surface area contributed by atoms with Crippen LogP contribution in [0.5, 0.6) is 11.5 Å². The Balaban J connectivity index is 1.64. The van der Waals surface area contributed by atoms with Gasteiger partial charge in [0.15, 0.2) is 0 Å². The average molecular weight is 457 g/mol. The zero-order valence-corrected chi connectivity index (χ0v) is 19.0. The molecular formula is C28H28N2O4. The van der Waals surface area contributed by atoms with E-state index in [9.17, 15) is 10.2 Å². The maximum Gasteiger partial charge on any atom is 0.146 e. The molecule has 4 aromatic carbocycles. The van der Waals surface area contributed by atoms with Crippen molar-refractivity contribution in [2.24, 2.45) is 0 Å². The Morgan fingerprint density at radius 3 is 1.26 bits per heavy atom. The predicted molar refractivity (Wildman–Crippen MR) is 136 cm³/mol. The molecular weight excluding hydrogens is 428 g/mol. The van der Waals surface area contributed by atoms with Gasteiger partial charge < -0.3 is 29.5 Å². The molecule has 6 nitrogen and oxygen atoms in total. The number of aromatic hydroxyl groups is 2. The zero-order chi connectivity index (χ0) is 23.1. The lowest BCUT2D eigenvalue weighted by Gasteiger charge is -2.31. The van der Waals surface area contributed by atoms with Crippen molar-refractivity contribution in [3.8, 4) is 22.6 Å². The second-order valence-corrected chi connectivity index (χ2v) is 8.87. The number of fused-ring (bicyclic) bond motifs is 2. The van der Waals surface area contributed by atoms with Crippen molar-refractivity contribution in [3.05, 3.63) is 60.7 Å². The summed E-state index contributed by atoms with van der Waals surface area (Å²) in [4.78, 5) is 4.39. The van der Waals surface area contributed by atoms with Gasteiger partial charge in [0.05, 0.1) is 37.8 Å². The standard InChI is InChI=1S/C28H28N2O4/c31-27-21-7-3-1-5-19(21)23(17-25(27)29-9-13-33-14-10-29)24-18-26(30-11-15-34-16-12-30)28(32)22-8-4-2-6-20(22)24/h1-8,17-18,31-32H,9-16H2. The van der Waals surface area contributed by atoms with Crippen LogP contribution in [0.1, 0.15) is 0 Å². The third kappa shape index (κ3) is 3.50. The van der Waals surface area contributed by atoms with E-state index >= 15 is 0 Å². The molecule has 0 atom stereocenters. The van der Waals surface area contributed by atoms with E-state index in [1.165, 1.54) is 0 Å². The maximum atomic E-state index is 11.2. The Hall–Kier alpha value is -3.48. The van der Waals surface area contributed by atoms with Gasteiger partial charge in [-0.05, 0) is 34.0 Å². The van der Waals surface area contributed by atoms with Crippen LogP contribution in [0.3, 0.4) is 0 Å². The van der Waals surface area contributed by atoms with Crippen LogP contribution in [-0.4, -0.2) is 62.8 Å². The van der Waals surface area contributed by atoms with Gasteiger partial charge >= 0.3 is 0 Å². The fourth-order valence-corrected chi connectivity index (χ4v) is 5.23. The molecule has 0 amide bonds. The summed E-state index contributed by atoms with van der Waals surface area (Å²) >= 11 is 0. The predicted octanol–water partition coefficient (Wildman–Crippen LogP) is 4.74. The van der Waals surface area contributed by atoms with Gasteiger partial charge in [-0.3, -0.25) is 0 Å². The maximum absolute atomic E-state index is 11.2. The minimum Gasteiger partial charge on any atom is -0.505 e. The highest BCUT2D eigenvalue weighted by atomic mass is 16.5. The number of rotatable bonds is 3. The van der Waals surface area contributed by atoms with Crippen LogP contribution in [0, 0.1) is 0 Å². The molecule has 2 saturated heterocycles. The first-order valence-electron chi connectivity index (χ1n) is 11.9. The molecule has 2 aliphatic rings. The third-order valence-electron chi connectivity index (χ3n) is 6.99. The summed E-state index contributed by atoms with van der Waals surface area (Å²) in [6.07, 6.45) is 0. The number of ether oxygens (including phenoxy) is 2. The fourth-order valence-electron chi connectivity index (χ4n) is 5.23. The number of phenolic OH excluding ortho intramolecular Hbond substituents is 2. The fraction of sp³-hybridized carbons (Fsp3) is 0.286. The number of morpholine rings is 2. The van der Waals surface area contributed by atoms with E-state index in [4.69, 9.17) is 9.47 Å². The van der Waals surface area contributed by atoms with Crippen LogP contribution in [0.15, 0.2) is 60.7 Å². The molecule has 2 heterocycles. The molecule has 2 fully saturated rings. The van der Waals surface area contributed by atoms with Gasteiger partial charge in [-0.1, -0.05) is 48.5 Å². The number of hydrogen-bond acceptors (Lipinski definition) is 6. The quantitative estimate of drug-likeness (QED) is 0.464. The van der Waals surface area contributed by atoms with E-state index in [2.05, 4.69) is 34.1 Å². The first-order chi connectivity index (χ1) is 16.7. The third-order valence-corrected chi connectivity index (χ3v) is 6.99. The Kier molecular flexibility index (Phi) is 5.40. The van der Waals surface area contributed by atoms with E-state index in [1.807, 2.05) is 36.4 Å². The van der Waals surface area contributed by atoms with Gasteiger partial charge in [-0.2, -0.15) is 0 Å². The highest BCUT2D eigenvalue weighted by Crippen LogP contribution is 2.47. The molecule has 6 heteroatoms. The van der Waals surface area contributed by atoms with Crippen molar-refractivity contribution in [2.45, 2.75) is 0 Å². The largest absolute Gasteiger partial charge is 0.505 e. The summed E-state index contributed by atoms with van der Waals surface area (Å²) in [6.45, 7) is 5.52. The van der Waals surface area contributed by atoms with Crippen molar-refractivity contribution in [1.82, 2.24) is 0 Å².